The van der Waals surface area contributed by atoms with E-state index in [9.17, 15) is 9.18 Å². The Morgan fingerprint density at radius 1 is 1.09 bits per heavy atom. The maximum Gasteiger partial charge on any atom is 0.207 e. The topological polar surface area (TPSA) is 47.6 Å². The number of amides is 1. The Bertz CT molecular complexity index is 562. The summed E-state index contributed by atoms with van der Waals surface area (Å²) < 4.78 is 25.8. The van der Waals surface area contributed by atoms with E-state index in [0.717, 1.165) is 18.4 Å². The van der Waals surface area contributed by atoms with Gasteiger partial charge in [-0.1, -0.05) is 32.4 Å². The molecule has 1 atom stereocenters. The molecule has 23 heavy (non-hydrogen) atoms. The summed E-state index contributed by atoms with van der Waals surface area (Å²) in [4.78, 5) is 11.4. The summed E-state index contributed by atoms with van der Waals surface area (Å²) in [6.07, 6.45) is 4.04. The summed E-state index contributed by atoms with van der Waals surface area (Å²) in [7, 11) is 0. The number of rotatable bonds is 3. The number of hydrogen-bond donors (Lipinski definition) is 1. The van der Waals surface area contributed by atoms with Crippen LogP contribution in [0.2, 0.25) is 0 Å². The van der Waals surface area contributed by atoms with Crippen LogP contribution >= 0.6 is 0 Å². The number of nitrogens with one attached hydrogen (secondary N) is 1. The van der Waals surface area contributed by atoms with Crippen molar-refractivity contribution in [3.63, 3.8) is 0 Å². The molecule has 1 saturated carbocycles. The summed E-state index contributed by atoms with van der Waals surface area (Å²) in [5.74, 6) is -1.19. The van der Waals surface area contributed by atoms with Crippen molar-refractivity contribution >= 4 is 6.41 Å². The Morgan fingerprint density at radius 2 is 1.70 bits per heavy atom. The molecule has 1 N–H and O–H groups in total. The minimum Gasteiger partial charge on any atom is -0.347 e. The molecule has 1 saturated heterocycles. The third kappa shape index (κ3) is 2.76. The van der Waals surface area contributed by atoms with Crippen molar-refractivity contribution in [2.45, 2.75) is 50.9 Å². The van der Waals surface area contributed by atoms with Crippen molar-refractivity contribution in [3.05, 3.63) is 35.6 Å². The van der Waals surface area contributed by atoms with Gasteiger partial charge in [0.25, 0.3) is 0 Å². The van der Waals surface area contributed by atoms with Crippen LogP contribution in [0.5, 0.6) is 0 Å². The second kappa shape index (κ2) is 5.87. The Balaban J connectivity index is 2.04. The SMILES string of the molecule is CC1(C)COC2(CCCCC2(NC=O)c2ccc(F)cc2)OC1. The van der Waals surface area contributed by atoms with Crippen LogP contribution in [0.15, 0.2) is 24.3 Å². The first-order valence-corrected chi connectivity index (χ1v) is 8.18. The van der Waals surface area contributed by atoms with Gasteiger partial charge in [0.15, 0.2) is 5.79 Å². The van der Waals surface area contributed by atoms with Crippen LogP contribution in [0.3, 0.4) is 0 Å². The first kappa shape index (κ1) is 16.4. The normalized spacial score (nSPS) is 29.2. The van der Waals surface area contributed by atoms with Gasteiger partial charge in [0.1, 0.15) is 11.4 Å². The van der Waals surface area contributed by atoms with E-state index in [0.29, 0.717) is 32.5 Å². The van der Waals surface area contributed by atoms with Crippen molar-refractivity contribution in [1.82, 2.24) is 5.32 Å². The number of benzene rings is 1. The molecule has 1 aliphatic heterocycles. The molecule has 4 nitrogen and oxygen atoms in total. The van der Waals surface area contributed by atoms with Crippen molar-refractivity contribution in [1.29, 1.82) is 0 Å². The lowest BCUT2D eigenvalue weighted by molar-refractivity contribution is -0.344. The number of ether oxygens (including phenoxy) is 2. The molecule has 2 aliphatic rings. The first-order chi connectivity index (χ1) is 10.9. The van der Waals surface area contributed by atoms with Crippen LogP contribution in [0.25, 0.3) is 0 Å². The molecule has 1 amide bonds. The maximum atomic E-state index is 13.3. The molecule has 5 heteroatoms. The van der Waals surface area contributed by atoms with Crippen LogP contribution in [-0.2, 0) is 19.8 Å². The molecule has 0 aromatic heterocycles. The van der Waals surface area contributed by atoms with Gasteiger partial charge in [-0.2, -0.15) is 0 Å². The molecule has 0 bridgehead atoms. The highest BCUT2D eigenvalue weighted by atomic mass is 19.1. The second-order valence-electron chi connectivity index (χ2n) is 7.38. The molecule has 1 aliphatic carbocycles. The van der Waals surface area contributed by atoms with Gasteiger partial charge < -0.3 is 14.8 Å². The van der Waals surface area contributed by atoms with Gasteiger partial charge in [0.05, 0.1) is 13.2 Å². The molecule has 1 aromatic rings. The van der Waals surface area contributed by atoms with Gasteiger partial charge in [-0.15, -0.1) is 0 Å². The summed E-state index contributed by atoms with van der Waals surface area (Å²) in [5, 5.41) is 2.97. The molecule has 1 aromatic carbocycles. The number of halogens is 1. The standard InChI is InChI=1S/C18H24FNO3/c1-16(2)11-22-18(23-12-16)10-4-3-9-17(18,20-13-21)14-5-7-15(19)8-6-14/h5-8,13H,3-4,9-12H2,1-2H3,(H,20,21). The molecule has 1 heterocycles. The fourth-order valence-corrected chi connectivity index (χ4v) is 3.71. The van der Waals surface area contributed by atoms with E-state index in [1.54, 1.807) is 12.1 Å². The zero-order valence-electron chi connectivity index (χ0n) is 13.7. The number of hydrogen-bond acceptors (Lipinski definition) is 3. The number of carbonyl (C=O) groups is 1. The van der Waals surface area contributed by atoms with Gasteiger partial charge in [-0.3, -0.25) is 4.79 Å². The first-order valence-electron chi connectivity index (χ1n) is 8.18. The van der Waals surface area contributed by atoms with Gasteiger partial charge >= 0.3 is 0 Å². The summed E-state index contributed by atoms with van der Waals surface area (Å²) in [6.45, 7) is 5.32. The lowest BCUT2D eigenvalue weighted by Gasteiger charge is -2.56. The molecule has 126 valence electrons. The van der Waals surface area contributed by atoms with Crippen molar-refractivity contribution in [2.75, 3.05) is 13.2 Å². The average Bonchev–Trinajstić information content (AvgIpc) is 2.53. The Labute approximate surface area is 136 Å². The van der Waals surface area contributed by atoms with E-state index in [4.69, 9.17) is 9.47 Å². The Kier molecular flexibility index (Phi) is 4.19. The Morgan fingerprint density at radius 3 is 2.30 bits per heavy atom. The molecule has 1 unspecified atom stereocenters. The lowest BCUT2D eigenvalue weighted by atomic mass is 9.70. The zero-order valence-corrected chi connectivity index (χ0v) is 13.7. The van der Waals surface area contributed by atoms with E-state index in [1.807, 2.05) is 0 Å². The van der Waals surface area contributed by atoms with Crippen LogP contribution in [0.4, 0.5) is 4.39 Å². The molecule has 2 fully saturated rings. The third-order valence-electron chi connectivity index (χ3n) is 4.99. The van der Waals surface area contributed by atoms with Crippen LogP contribution in [-0.4, -0.2) is 25.4 Å². The maximum absolute atomic E-state index is 13.3. The summed E-state index contributed by atoms with van der Waals surface area (Å²) in [6, 6.07) is 6.26. The molecular formula is C18H24FNO3. The molecular weight excluding hydrogens is 297 g/mol. The largest absolute Gasteiger partial charge is 0.347 e. The van der Waals surface area contributed by atoms with E-state index in [-0.39, 0.29) is 11.2 Å². The monoisotopic (exact) mass is 321 g/mol. The highest BCUT2D eigenvalue weighted by Crippen LogP contribution is 2.50. The molecule has 0 radical (unpaired) electrons. The van der Waals surface area contributed by atoms with Gasteiger partial charge in [-0.05, 0) is 30.5 Å². The van der Waals surface area contributed by atoms with Crippen molar-refractivity contribution in [2.24, 2.45) is 5.41 Å². The van der Waals surface area contributed by atoms with Crippen LogP contribution in [0.1, 0.15) is 45.1 Å². The summed E-state index contributed by atoms with van der Waals surface area (Å²) in [5.41, 5.74) is -0.0132. The number of carbonyl (C=O) groups excluding carboxylic acids is 1. The van der Waals surface area contributed by atoms with Crippen molar-refractivity contribution in [3.8, 4) is 0 Å². The van der Waals surface area contributed by atoms with Crippen molar-refractivity contribution < 1.29 is 18.7 Å². The van der Waals surface area contributed by atoms with Crippen LogP contribution < -0.4 is 5.32 Å². The van der Waals surface area contributed by atoms with Gasteiger partial charge in [-0.25, -0.2) is 4.39 Å². The Hall–Kier alpha value is -1.46. The van der Waals surface area contributed by atoms with E-state index in [1.165, 1.54) is 12.1 Å². The predicted octanol–water partition coefficient (Wildman–Crippen LogP) is 3.11. The lowest BCUT2D eigenvalue weighted by Crippen LogP contribution is -2.67. The quantitative estimate of drug-likeness (QED) is 0.870. The fourth-order valence-electron chi connectivity index (χ4n) is 3.71. The van der Waals surface area contributed by atoms with E-state index in [2.05, 4.69) is 19.2 Å². The highest BCUT2D eigenvalue weighted by Gasteiger charge is 2.58. The second-order valence-corrected chi connectivity index (χ2v) is 7.38. The molecule has 1 spiro atoms. The minimum absolute atomic E-state index is 0.0571. The highest BCUT2D eigenvalue weighted by molar-refractivity contribution is 5.51. The van der Waals surface area contributed by atoms with Crippen LogP contribution in [0, 0.1) is 11.2 Å². The minimum atomic E-state index is -0.889. The zero-order chi connectivity index (χ0) is 16.6. The smallest absolute Gasteiger partial charge is 0.207 e. The molecule has 3 rings (SSSR count). The fraction of sp³-hybridized carbons (Fsp3) is 0.611. The van der Waals surface area contributed by atoms with E-state index >= 15 is 0 Å². The van der Waals surface area contributed by atoms with Gasteiger partial charge in [0.2, 0.25) is 6.41 Å². The average molecular weight is 321 g/mol. The van der Waals surface area contributed by atoms with E-state index < -0.39 is 11.3 Å². The van der Waals surface area contributed by atoms with Gasteiger partial charge in [0, 0.05) is 11.8 Å². The predicted molar refractivity (Wildman–Crippen MR) is 84.2 cm³/mol. The third-order valence-corrected chi connectivity index (χ3v) is 4.99. The summed E-state index contributed by atoms with van der Waals surface area (Å²) >= 11 is 0.